The Bertz CT molecular complexity index is 286. The third kappa shape index (κ3) is 6.77. The van der Waals surface area contributed by atoms with Crippen molar-refractivity contribution < 1.29 is 4.74 Å². The summed E-state index contributed by atoms with van der Waals surface area (Å²) in [6.45, 7) is 8.23. The van der Waals surface area contributed by atoms with Gasteiger partial charge in [0.25, 0.3) is 0 Å². The van der Waals surface area contributed by atoms with Crippen LogP contribution >= 0.6 is 0 Å². The number of rotatable bonds is 10. The Morgan fingerprint density at radius 1 is 1.11 bits per heavy atom. The second-order valence-corrected chi connectivity index (χ2v) is 4.82. The highest BCUT2D eigenvalue weighted by molar-refractivity contribution is 5.18. The Labute approximate surface area is 112 Å². The normalized spacial score (nSPS) is 12.6. The predicted molar refractivity (Wildman–Crippen MR) is 78.1 cm³/mol. The molecular weight excluding hydrogens is 222 g/mol. The summed E-state index contributed by atoms with van der Waals surface area (Å²) < 4.78 is 5.50. The lowest BCUT2D eigenvalue weighted by atomic mass is 9.98. The maximum Gasteiger partial charge on any atom is 0.0590 e. The summed E-state index contributed by atoms with van der Waals surface area (Å²) in [7, 11) is 0. The van der Waals surface area contributed by atoms with Crippen LogP contribution < -0.4 is 5.32 Å². The van der Waals surface area contributed by atoms with E-state index in [1.807, 2.05) is 0 Å². The SMILES string of the molecule is CCCCOCCNCCC(C)c1ccccc1. The van der Waals surface area contributed by atoms with Crippen LogP contribution in [0, 0.1) is 0 Å². The van der Waals surface area contributed by atoms with Gasteiger partial charge in [-0.25, -0.2) is 0 Å². The van der Waals surface area contributed by atoms with Crippen LogP contribution in [0.15, 0.2) is 30.3 Å². The fourth-order valence-corrected chi connectivity index (χ4v) is 1.88. The Hall–Kier alpha value is -0.860. The lowest BCUT2D eigenvalue weighted by molar-refractivity contribution is 0.133. The molecule has 0 aromatic heterocycles. The molecule has 0 saturated carbocycles. The fraction of sp³-hybridized carbons (Fsp3) is 0.625. The molecule has 0 saturated heterocycles. The Morgan fingerprint density at radius 3 is 2.61 bits per heavy atom. The van der Waals surface area contributed by atoms with Crippen molar-refractivity contribution in [3.8, 4) is 0 Å². The van der Waals surface area contributed by atoms with Crippen molar-refractivity contribution in [2.75, 3.05) is 26.3 Å². The predicted octanol–water partition coefficient (Wildman–Crippen LogP) is 3.59. The van der Waals surface area contributed by atoms with Crippen molar-refractivity contribution in [2.45, 2.75) is 39.0 Å². The molecule has 1 aromatic rings. The molecule has 0 fully saturated rings. The molecule has 1 rings (SSSR count). The number of hydrogen-bond donors (Lipinski definition) is 1. The molecule has 2 nitrogen and oxygen atoms in total. The molecule has 2 heteroatoms. The second kappa shape index (κ2) is 10.1. The molecule has 0 aliphatic carbocycles. The van der Waals surface area contributed by atoms with Gasteiger partial charge in [-0.05, 0) is 30.9 Å². The van der Waals surface area contributed by atoms with Gasteiger partial charge in [0.15, 0.2) is 0 Å². The summed E-state index contributed by atoms with van der Waals surface area (Å²) in [6.07, 6.45) is 3.56. The van der Waals surface area contributed by atoms with Crippen LogP contribution in [-0.4, -0.2) is 26.3 Å². The highest BCUT2D eigenvalue weighted by Gasteiger charge is 2.03. The van der Waals surface area contributed by atoms with Gasteiger partial charge in [-0.3, -0.25) is 0 Å². The van der Waals surface area contributed by atoms with Crippen molar-refractivity contribution in [3.05, 3.63) is 35.9 Å². The van der Waals surface area contributed by atoms with Crippen LogP contribution in [0.2, 0.25) is 0 Å². The van der Waals surface area contributed by atoms with Crippen LogP contribution in [0.1, 0.15) is 44.6 Å². The minimum atomic E-state index is 0.625. The molecule has 0 aliphatic heterocycles. The second-order valence-electron chi connectivity index (χ2n) is 4.82. The number of unbranched alkanes of at least 4 members (excludes halogenated alkanes) is 1. The average molecular weight is 249 g/mol. The smallest absolute Gasteiger partial charge is 0.0590 e. The maximum absolute atomic E-state index is 5.50. The van der Waals surface area contributed by atoms with E-state index in [1.165, 1.54) is 24.8 Å². The van der Waals surface area contributed by atoms with Crippen LogP contribution in [0.25, 0.3) is 0 Å². The maximum atomic E-state index is 5.50. The monoisotopic (exact) mass is 249 g/mol. The minimum absolute atomic E-state index is 0.625. The van der Waals surface area contributed by atoms with Gasteiger partial charge in [0.1, 0.15) is 0 Å². The Morgan fingerprint density at radius 2 is 1.89 bits per heavy atom. The van der Waals surface area contributed by atoms with Crippen molar-refractivity contribution in [1.82, 2.24) is 5.32 Å². The summed E-state index contributed by atoms with van der Waals surface area (Å²) in [6, 6.07) is 10.7. The molecule has 0 radical (unpaired) electrons. The van der Waals surface area contributed by atoms with E-state index >= 15 is 0 Å². The number of ether oxygens (including phenoxy) is 1. The highest BCUT2D eigenvalue weighted by Crippen LogP contribution is 2.17. The molecule has 102 valence electrons. The highest BCUT2D eigenvalue weighted by atomic mass is 16.5. The van der Waals surface area contributed by atoms with Crippen LogP contribution in [0.3, 0.4) is 0 Å². The number of hydrogen-bond acceptors (Lipinski definition) is 2. The first-order chi connectivity index (χ1) is 8.84. The van der Waals surface area contributed by atoms with Crippen molar-refractivity contribution >= 4 is 0 Å². The van der Waals surface area contributed by atoms with Crippen molar-refractivity contribution in [3.63, 3.8) is 0 Å². The van der Waals surface area contributed by atoms with Gasteiger partial charge in [-0.1, -0.05) is 50.6 Å². The molecular formula is C16H27NO. The van der Waals surface area contributed by atoms with Gasteiger partial charge >= 0.3 is 0 Å². The van der Waals surface area contributed by atoms with Gasteiger partial charge in [0, 0.05) is 13.2 Å². The molecule has 0 aliphatic rings. The van der Waals surface area contributed by atoms with E-state index in [4.69, 9.17) is 4.74 Å². The topological polar surface area (TPSA) is 21.3 Å². The standard InChI is InChI=1S/C16H27NO/c1-3-4-13-18-14-12-17-11-10-15(2)16-8-6-5-7-9-16/h5-9,15,17H,3-4,10-14H2,1-2H3. The van der Waals surface area contributed by atoms with E-state index in [2.05, 4.69) is 49.5 Å². The van der Waals surface area contributed by atoms with Gasteiger partial charge in [-0.15, -0.1) is 0 Å². The largest absolute Gasteiger partial charge is 0.380 e. The zero-order valence-corrected chi connectivity index (χ0v) is 11.8. The zero-order valence-electron chi connectivity index (χ0n) is 11.8. The molecule has 0 amide bonds. The molecule has 1 aromatic carbocycles. The lowest BCUT2D eigenvalue weighted by Gasteiger charge is -2.12. The molecule has 18 heavy (non-hydrogen) atoms. The lowest BCUT2D eigenvalue weighted by Crippen LogP contribution is -2.22. The van der Waals surface area contributed by atoms with E-state index in [1.54, 1.807) is 0 Å². The number of nitrogens with one attached hydrogen (secondary N) is 1. The van der Waals surface area contributed by atoms with Crippen LogP contribution in [-0.2, 0) is 4.74 Å². The van der Waals surface area contributed by atoms with Crippen molar-refractivity contribution in [2.24, 2.45) is 0 Å². The first-order valence-electron chi connectivity index (χ1n) is 7.18. The molecule has 1 unspecified atom stereocenters. The first kappa shape index (κ1) is 15.2. The zero-order chi connectivity index (χ0) is 13.1. The van der Waals surface area contributed by atoms with Gasteiger partial charge in [0.2, 0.25) is 0 Å². The molecule has 0 spiro atoms. The summed E-state index contributed by atoms with van der Waals surface area (Å²) >= 11 is 0. The van der Waals surface area contributed by atoms with Gasteiger partial charge in [-0.2, -0.15) is 0 Å². The number of benzene rings is 1. The molecule has 1 N–H and O–H groups in total. The van der Waals surface area contributed by atoms with E-state index in [0.29, 0.717) is 5.92 Å². The van der Waals surface area contributed by atoms with Crippen LogP contribution in [0.4, 0.5) is 0 Å². The van der Waals surface area contributed by atoms with E-state index < -0.39 is 0 Å². The van der Waals surface area contributed by atoms with Gasteiger partial charge in [0.05, 0.1) is 6.61 Å². The fourth-order valence-electron chi connectivity index (χ4n) is 1.88. The third-order valence-corrected chi connectivity index (χ3v) is 3.19. The van der Waals surface area contributed by atoms with E-state index in [9.17, 15) is 0 Å². The first-order valence-corrected chi connectivity index (χ1v) is 7.18. The Balaban J connectivity index is 1.98. The van der Waals surface area contributed by atoms with Crippen molar-refractivity contribution in [1.29, 1.82) is 0 Å². The van der Waals surface area contributed by atoms with Crippen LogP contribution in [0.5, 0.6) is 0 Å². The third-order valence-electron chi connectivity index (χ3n) is 3.19. The summed E-state index contributed by atoms with van der Waals surface area (Å²) in [5.74, 6) is 0.625. The minimum Gasteiger partial charge on any atom is -0.380 e. The summed E-state index contributed by atoms with van der Waals surface area (Å²) in [5, 5.41) is 3.44. The average Bonchev–Trinajstić information content (AvgIpc) is 2.42. The van der Waals surface area contributed by atoms with E-state index in [-0.39, 0.29) is 0 Å². The molecule has 0 bridgehead atoms. The quantitative estimate of drug-likeness (QED) is 0.640. The summed E-state index contributed by atoms with van der Waals surface area (Å²) in [4.78, 5) is 0. The van der Waals surface area contributed by atoms with Gasteiger partial charge < -0.3 is 10.1 Å². The Kier molecular flexibility index (Phi) is 8.53. The van der Waals surface area contributed by atoms with E-state index in [0.717, 1.165) is 26.3 Å². The molecule has 0 heterocycles. The molecule has 1 atom stereocenters. The summed E-state index contributed by atoms with van der Waals surface area (Å²) in [5.41, 5.74) is 1.43.